The number of nitrogens with zero attached hydrogens (tertiary/aromatic N) is 1. The molecular weight excluding hydrogens is 188 g/mol. The predicted molar refractivity (Wildman–Crippen MR) is 62.2 cm³/mol. The Labute approximate surface area is 90.1 Å². The minimum atomic E-state index is -0.171. The van der Waals surface area contributed by atoms with Gasteiger partial charge in [0.2, 0.25) is 5.91 Å². The molecular formula is C12H16N2O. The van der Waals surface area contributed by atoms with Gasteiger partial charge in [-0.2, -0.15) is 0 Å². The molecule has 0 unspecified atom stereocenters. The maximum atomic E-state index is 11.9. The van der Waals surface area contributed by atoms with Crippen LogP contribution < -0.4 is 10.2 Å². The van der Waals surface area contributed by atoms with Crippen LogP contribution in [0.4, 0.5) is 11.4 Å². The normalized spacial score (nSPS) is 15.9. The van der Waals surface area contributed by atoms with Gasteiger partial charge in [-0.3, -0.25) is 4.79 Å². The lowest BCUT2D eigenvalue weighted by Gasteiger charge is -2.39. The second-order valence-electron chi connectivity index (χ2n) is 4.77. The van der Waals surface area contributed by atoms with Gasteiger partial charge in [0.05, 0.1) is 17.9 Å². The first-order chi connectivity index (χ1) is 7.00. The van der Waals surface area contributed by atoms with E-state index in [1.165, 1.54) is 0 Å². The van der Waals surface area contributed by atoms with Crippen molar-refractivity contribution >= 4 is 17.3 Å². The number of carbonyl (C=O) groups is 1. The summed E-state index contributed by atoms with van der Waals surface area (Å²) in [6, 6.07) is 7.91. The lowest BCUT2D eigenvalue weighted by Crippen LogP contribution is -2.50. The lowest BCUT2D eigenvalue weighted by molar-refractivity contribution is -0.118. The van der Waals surface area contributed by atoms with Gasteiger partial charge in [-0.05, 0) is 32.9 Å². The van der Waals surface area contributed by atoms with E-state index >= 15 is 0 Å². The highest BCUT2D eigenvalue weighted by Crippen LogP contribution is 2.33. The van der Waals surface area contributed by atoms with Crippen LogP contribution in [0.25, 0.3) is 0 Å². The molecule has 0 spiro atoms. The molecule has 1 aromatic carbocycles. The van der Waals surface area contributed by atoms with Crippen molar-refractivity contribution in [1.82, 2.24) is 0 Å². The highest BCUT2D eigenvalue weighted by atomic mass is 16.2. The number of benzene rings is 1. The Hall–Kier alpha value is -1.51. The summed E-state index contributed by atoms with van der Waals surface area (Å²) in [4.78, 5) is 13.7. The highest BCUT2D eigenvalue weighted by molar-refractivity contribution is 6.03. The molecule has 80 valence electrons. The maximum Gasteiger partial charge on any atom is 0.246 e. The van der Waals surface area contributed by atoms with Crippen molar-refractivity contribution in [2.45, 2.75) is 26.3 Å². The summed E-state index contributed by atoms with van der Waals surface area (Å²) >= 11 is 0. The maximum absolute atomic E-state index is 11.9. The lowest BCUT2D eigenvalue weighted by atomic mass is 10.0. The van der Waals surface area contributed by atoms with Crippen molar-refractivity contribution in [3.63, 3.8) is 0 Å². The summed E-state index contributed by atoms with van der Waals surface area (Å²) in [5, 5.41) is 3.12. The number of hydrogen-bond acceptors (Lipinski definition) is 2. The standard InChI is InChI=1S/C12H16N2O/c1-12(2,3)14-10-7-5-4-6-9(10)13-8-11(14)15/h4-7,13H,8H2,1-3H3. The number of hydrogen-bond donors (Lipinski definition) is 1. The Morgan fingerprint density at radius 2 is 1.93 bits per heavy atom. The van der Waals surface area contributed by atoms with Crippen LogP contribution in [0.15, 0.2) is 24.3 Å². The van der Waals surface area contributed by atoms with Gasteiger partial charge in [0.25, 0.3) is 0 Å². The van der Waals surface area contributed by atoms with Crippen LogP contribution in [-0.4, -0.2) is 18.0 Å². The highest BCUT2D eigenvalue weighted by Gasteiger charge is 2.32. The van der Waals surface area contributed by atoms with Crippen LogP contribution in [0, 0.1) is 0 Å². The van der Waals surface area contributed by atoms with Gasteiger partial charge < -0.3 is 10.2 Å². The van der Waals surface area contributed by atoms with E-state index in [2.05, 4.69) is 5.32 Å². The zero-order valence-corrected chi connectivity index (χ0v) is 9.37. The Morgan fingerprint density at radius 3 is 2.60 bits per heavy atom. The first-order valence-corrected chi connectivity index (χ1v) is 5.16. The molecule has 1 heterocycles. The number of rotatable bonds is 0. The van der Waals surface area contributed by atoms with Gasteiger partial charge in [0, 0.05) is 5.54 Å². The minimum absolute atomic E-state index is 0.126. The monoisotopic (exact) mass is 204 g/mol. The van der Waals surface area contributed by atoms with E-state index in [0.29, 0.717) is 6.54 Å². The molecule has 15 heavy (non-hydrogen) atoms. The summed E-state index contributed by atoms with van der Waals surface area (Å²) < 4.78 is 0. The number of fused-ring (bicyclic) bond motifs is 1. The molecule has 3 heteroatoms. The van der Waals surface area contributed by atoms with Crippen molar-refractivity contribution in [2.75, 3.05) is 16.8 Å². The van der Waals surface area contributed by atoms with Crippen LogP contribution in [0.2, 0.25) is 0 Å². The Kier molecular flexibility index (Phi) is 2.18. The average molecular weight is 204 g/mol. The fourth-order valence-corrected chi connectivity index (χ4v) is 1.94. The number of nitrogens with one attached hydrogen (secondary N) is 1. The van der Waals surface area contributed by atoms with Crippen LogP contribution in [0.5, 0.6) is 0 Å². The van der Waals surface area contributed by atoms with Gasteiger partial charge in [0.15, 0.2) is 0 Å². The van der Waals surface area contributed by atoms with Gasteiger partial charge in [0.1, 0.15) is 0 Å². The number of amides is 1. The van der Waals surface area contributed by atoms with E-state index in [0.717, 1.165) is 11.4 Å². The molecule has 2 rings (SSSR count). The van der Waals surface area contributed by atoms with E-state index in [4.69, 9.17) is 0 Å². The molecule has 0 radical (unpaired) electrons. The summed E-state index contributed by atoms with van der Waals surface area (Å²) in [6.07, 6.45) is 0. The van der Waals surface area contributed by atoms with E-state index < -0.39 is 0 Å². The molecule has 1 aromatic rings. The molecule has 0 aliphatic carbocycles. The SMILES string of the molecule is CC(C)(C)N1C(=O)CNc2ccccc21. The Morgan fingerprint density at radius 1 is 1.27 bits per heavy atom. The first kappa shape index (κ1) is 10.0. The fraction of sp³-hybridized carbons (Fsp3) is 0.417. The summed E-state index contributed by atoms with van der Waals surface area (Å²) in [7, 11) is 0. The average Bonchev–Trinajstić information content (AvgIpc) is 2.15. The molecule has 0 aromatic heterocycles. The van der Waals surface area contributed by atoms with Crippen LogP contribution in [0.1, 0.15) is 20.8 Å². The van der Waals surface area contributed by atoms with Gasteiger partial charge >= 0.3 is 0 Å². The molecule has 3 nitrogen and oxygen atoms in total. The number of anilines is 2. The molecule has 1 aliphatic heterocycles. The van der Waals surface area contributed by atoms with Crippen molar-refractivity contribution in [1.29, 1.82) is 0 Å². The second kappa shape index (κ2) is 3.26. The van der Waals surface area contributed by atoms with Gasteiger partial charge in [-0.25, -0.2) is 0 Å². The molecule has 1 N–H and O–H groups in total. The molecule has 0 bridgehead atoms. The van der Waals surface area contributed by atoms with Crippen LogP contribution >= 0.6 is 0 Å². The zero-order valence-electron chi connectivity index (χ0n) is 9.37. The summed E-state index contributed by atoms with van der Waals surface area (Å²) in [5.74, 6) is 0.126. The van der Waals surface area contributed by atoms with E-state index in [1.807, 2.05) is 49.9 Å². The fourth-order valence-electron chi connectivity index (χ4n) is 1.94. The third-order valence-corrected chi connectivity index (χ3v) is 2.50. The van der Waals surface area contributed by atoms with E-state index in [-0.39, 0.29) is 11.4 Å². The van der Waals surface area contributed by atoms with Crippen molar-refractivity contribution in [3.8, 4) is 0 Å². The smallest absolute Gasteiger partial charge is 0.246 e. The zero-order chi connectivity index (χ0) is 11.1. The third kappa shape index (κ3) is 1.69. The molecule has 0 atom stereocenters. The first-order valence-electron chi connectivity index (χ1n) is 5.16. The molecule has 0 fully saturated rings. The summed E-state index contributed by atoms with van der Waals surface area (Å²) in [5.41, 5.74) is 1.84. The third-order valence-electron chi connectivity index (χ3n) is 2.50. The summed E-state index contributed by atoms with van der Waals surface area (Å²) in [6.45, 7) is 6.53. The van der Waals surface area contributed by atoms with Crippen molar-refractivity contribution in [3.05, 3.63) is 24.3 Å². The van der Waals surface area contributed by atoms with Crippen molar-refractivity contribution in [2.24, 2.45) is 0 Å². The van der Waals surface area contributed by atoms with E-state index in [9.17, 15) is 4.79 Å². The second-order valence-corrected chi connectivity index (χ2v) is 4.77. The number of carbonyl (C=O) groups excluding carboxylic acids is 1. The van der Waals surface area contributed by atoms with Crippen molar-refractivity contribution < 1.29 is 4.79 Å². The number of para-hydroxylation sites is 2. The quantitative estimate of drug-likeness (QED) is 0.703. The predicted octanol–water partition coefficient (Wildman–Crippen LogP) is 2.24. The molecule has 1 aliphatic rings. The van der Waals surface area contributed by atoms with Crippen LogP contribution in [-0.2, 0) is 4.79 Å². The Bertz CT molecular complexity index is 393. The molecule has 0 saturated carbocycles. The van der Waals surface area contributed by atoms with Gasteiger partial charge in [-0.1, -0.05) is 12.1 Å². The van der Waals surface area contributed by atoms with Crippen LogP contribution in [0.3, 0.4) is 0 Å². The topological polar surface area (TPSA) is 32.3 Å². The van der Waals surface area contributed by atoms with Gasteiger partial charge in [-0.15, -0.1) is 0 Å². The Balaban J connectivity index is 2.51. The minimum Gasteiger partial charge on any atom is -0.374 e. The largest absolute Gasteiger partial charge is 0.374 e. The van der Waals surface area contributed by atoms with E-state index in [1.54, 1.807) is 0 Å². The molecule has 0 saturated heterocycles. The molecule has 1 amide bonds.